The molecule has 1 aliphatic heterocycles. The molecule has 0 aliphatic carbocycles. The van der Waals surface area contributed by atoms with E-state index in [9.17, 15) is 9.59 Å². The van der Waals surface area contributed by atoms with Gasteiger partial charge in [-0.3, -0.25) is 14.6 Å². The molecule has 0 saturated carbocycles. The van der Waals surface area contributed by atoms with E-state index in [1.165, 1.54) is 6.20 Å². The molecule has 6 heteroatoms. The van der Waals surface area contributed by atoms with E-state index in [4.69, 9.17) is 5.11 Å². The van der Waals surface area contributed by atoms with Crippen LogP contribution in [-0.4, -0.2) is 40.0 Å². The quantitative estimate of drug-likeness (QED) is 0.903. The van der Waals surface area contributed by atoms with Gasteiger partial charge >= 0.3 is 5.97 Å². The molecule has 1 amide bonds. The van der Waals surface area contributed by atoms with Crippen molar-refractivity contribution in [3.8, 4) is 0 Å². The summed E-state index contributed by atoms with van der Waals surface area (Å²) in [6, 6.07) is 1.69. The average molecular weight is 313 g/mol. The Balaban J connectivity index is 2.15. The van der Waals surface area contributed by atoms with E-state index in [1.807, 2.05) is 0 Å². The number of carbonyl (C=O) groups excluding carboxylic acids is 1. The number of likely N-dealkylation sites (tertiary alicyclic amines) is 1. The van der Waals surface area contributed by atoms with Crippen molar-refractivity contribution < 1.29 is 14.7 Å². The molecule has 1 saturated heterocycles. The first-order valence-electron chi connectivity index (χ1n) is 5.56. The van der Waals surface area contributed by atoms with Crippen LogP contribution in [0.1, 0.15) is 23.7 Å². The number of halogens is 1. The molecule has 96 valence electrons. The maximum absolute atomic E-state index is 12.2. The smallest absolute Gasteiger partial charge is 0.311 e. The fourth-order valence-corrected chi connectivity index (χ4v) is 2.39. The zero-order valence-electron chi connectivity index (χ0n) is 9.89. The van der Waals surface area contributed by atoms with Gasteiger partial charge in [0.25, 0.3) is 5.91 Å². The summed E-state index contributed by atoms with van der Waals surface area (Å²) in [5.74, 6) is -1.03. The molecule has 1 atom stereocenters. The molecule has 0 bridgehead atoms. The number of aliphatic carboxylic acids is 1. The lowest BCUT2D eigenvalue weighted by Gasteiger charge is -2.20. The number of hydrogen-bond donors (Lipinski definition) is 1. The number of rotatable bonds is 2. The second kappa shape index (κ2) is 4.68. The Kier molecular flexibility index (Phi) is 3.38. The Morgan fingerprint density at radius 3 is 2.78 bits per heavy atom. The first kappa shape index (κ1) is 13.0. The van der Waals surface area contributed by atoms with E-state index in [0.29, 0.717) is 18.5 Å². The molecule has 0 spiro atoms. The number of carboxylic acids is 1. The van der Waals surface area contributed by atoms with Gasteiger partial charge in [-0.1, -0.05) is 0 Å². The summed E-state index contributed by atoms with van der Waals surface area (Å²) in [7, 11) is 0. The summed E-state index contributed by atoms with van der Waals surface area (Å²) in [6.45, 7) is 2.38. The van der Waals surface area contributed by atoms with Crippen LogP contribution in [0.15, 0.2) is 22.9 Å². The van der Waals surface area contributed by atoms with Gasteiger partial charge in [0, 0.05) is 30.0 Å². The molecule has 1 aromatic heterocycles. The van der Waals surface area contributed by atoms with E-state index in [2.05, 4.69) is 20.9 Å². The van der Waals surface area contributed by atoms with Gasteiger partial charge in [0.05, 0.1) is 11.0 Å². The van der Waals surface area contributed by atoms with Crippen molar-refractivity contribution in [1.82, 2.24) is 9.88 Å². The number of nitrogens with zero attached hydrogens (tertiary/aromatic N) is 2. The molecule has 0 radical (unpaired) electrons. The highest BCUT2D eigenvalue weighted by atomic mass is 79.9. The number of amides is 1. The van der Waals surface area contributed by atoms with Crippen LogP contribution in [0.4, 0.5) is 0 Å². The summed E-state index contributed by atoms with van der Waals surface area (Å²) in [6.07, 6.45) is 3.57. The van der Waals surface area contributed by atoms with Crippen LogP contribution in [-0.2, 0) is 4.79 Å². The highest BCUT2D eigenvalue weighted by Crippen LogP contribution is 2.31. The van der Waals surface area contributed by atoms with E-state index in [1.54, 1.807) is 24.1 Å². The van der Waals surface area contributed by atoms with Crippen LogP contribution in [0.3, 0.4) is 0 Å². The van der Waals surface area contributed by atoms with Gasteiger partial charge in [-0.25, -0.2) is 0 Å². The van der Waals surface area contributed by atoms with Gasteiger partial charge in [0.2, 0.25) is 0 Å². The maximum atomic E-state index is 12.2. The standard InChI is InChI=1S/C12H13BrN2O3/c1-12(11(17)18)2-3-15(7-12)10(16)8-4-9(13)6-14-5-8/h4-6H,2-3,7H2,1H3,(H,17,18). The molecule has 1 aliphatic rings. The summed E-state index contributed by atoms with van der Waals surface area (Å²) in [4.78, 5) is 28.8. The molecule has 1 fully saturated rings. The zero-order chi connectivity index (χ0) is 13.3. The van der Waals surface area contributed by atoms with Crippen molar-refractivity contribution >= 4 is 27.8 Å². The molecule has 5 nitrogen and oxygen atoms in total. The highest BCUT2D eigenvalue weighted by molar-refractivity contribution is 9.10. The molecule has 2 heterocycles. The van der Waals surface area contributed by atoms with Crippen LogP contribution in [0.5, 0.6) is 0 Å². The highest BCUT2D eigenvalue weighted by Gasteiger charge is 2.42. The van der Waals surface area contributed by atoms with Crippen molar-refractivity contribution in [3.05, 3.63) is 28.5 Å². The largest absolute Gasteiger partial charge is 0.481 e. The van der Waals surface area contributed by atoms with Gasteiger partial charge < -0.3 is 10.0 Å². The van der Waals surface area contributed by atoms with E-state index >= 15 is 0 Å². The van der Waals surface area contributed by atoms with Crippen LogP contribution < -0.4 is 0 Å². The lowest BCUT2D eigenvalue weighted by molar-refractivity contribution is -0.147. The van der Waals surface area contributed by atoms with Crippen molar-refractivity contribution in [2.45, 2.75) is 13.3 Å². The molecule has 2 rings (SSSR count). The van der Waals surface area contributed by atoms with Crippen molar-refractivity contribution in [3.63, 3.8) is 0 Å². The molecular formula is C12H13BrN2O3. The monoisotopic (exact) mass is 312 g/mol. The lowest BCUT2D eigenvalue weighted by atomic mass is 9.90. The molecule has 0 aromatic carbocycles. The number of pyridine rings is 1. The summed E-state index contributed by atoms with van der Waals surface area (Å²) >= 11 is 3.26. The first-order chi connectivity index (χ1) is 8.42. The maximum Gasteiger partial charge on any atom is 0.311 e. The molecule has 1 unspecified atom stereocenters. The Morgan fingerprint density at radius 2 is 2.22 bits per heavy atom. The van der Waals surface area contributed by atoms with Crippen molar-refractivity contribution in [1.29, 1.82) is 0 Å². The first-order valence-corrected chi connectivity index (χ1v) is 6.35. The number of hydrogen-bond acceptors (Lipinski definition) is 3. The predicted octanol–water partition coefficient (Wildman–Crippen LogP) is 1.78. The minimum Gasteiger partial charge on any atom is -0.481 e. The summed E-state index contributed by atoms with van der Waals surface area (Å²) in [5, 5.41) is 9.13. The third-order valence-electron chi connectivity index (χ3n) is 3.23. The Bertz CT molecular complexity index is 506. The van der Waals surface area contributed by atoms with Crippen LogP contribution in [0, 0.1) is 5.41 Å². The molecular weight excluding hydrogens is 300 g/mol. The fraction of sp³-hybridized carbons (Fsp3) is 0.417. The Morgan fingerprint density at radius 1 is 1.50 bits per heavy atom. The minimum atomic E-state index is -0.856. The topological polar surface area (TPSA) is 70.5 Å². The van der Waals surface area contributed by atoms with Gasteiger partial charge in [-0.05, 0) is 35.3 Å². The fourth-order valence-electron chi connectivity index (χ4n) is 2.02. The lowest BCUT2D eigenvalue weighted by Crippen LogP contribution is -2.34. The predicted molar refractivity (Wildman–Crippen MR) is 68.2 cm³/mol. The van der Waals surface area contributed by atoms with Crippen LogP contribution in [0.2, 0.25) is 0 Å². The molecule has 18 heavy (non-hydrogen) atoms. The third-order valence-corrected chi connectivity index (χ3v) is 3.66. The summed E-state index contributed by atoms with van der Waals surface area (Å²) in [5.41, 5.74) is -0.367. The zero-order valence-corrected chi connectivity index (χ0v) is 11.5. The van der Waals surface area contributed by atoms with Gasteiger partial charge in [0.1, 0.15) is 0 Å². The summed E-state index contributed by atoms with van der Waals surface area (Å²) < 4.78 is 0.730. The van der Waals surface area contributed by atoms with Gasteiger partial charge in [-0.2, -0.15) is 0 Å². The van der Waals surface area contributed by atoms with Gasteiger partial charge in [0.15, 0.2) is 0 Å². The van der Waals surface area contributed by atoms with E-state index in [-0.39, 0.29) is 12.5 Å². The van der Waals surface area contributed by atoms with Crippen molar-refractivity contribution in [2.24, 2.45) is 5.41 Å². The second-order valence-corrected chi connectivity index (χ2v) is 5.65. The van der Waals surface area contributed by atoms with E-state index < -0.39 is 11.4 Å². The Labute approximate surface area is 113 Å². The number of carbonyl (C=O) groups is 2. The Hall–Kier alpha value is -1.43. The third kappa shape index (κ3) is 2.38. The SMILES string of the molecule is CC1(C(=O)O)CCN(C(=O)c2cncc(Br)c2)C1. The van der Waals surface area contributed by atoms with Gasteiger partial charge in [-0.15, -0.1) is 0 Å². The second-order valence-electron chi connectivity index (χ2n) is 4.73. The number of carboxylic acid groups (broad SMARTS) is 1. The average Bonchev–Trinajstić information content (AvgIpc) is 2.72. The number of aromatic nitrogens is 1. The molecule has 1 aromatic rings. The van der Waals surface area contributed by atoms with Crippen molar-refractivity contribution in [2.75, 3.05) is 13.1 Å². The minimum absolute atomic E-state index is 0.172. The van der Waals surface area contributed by atoms with Crippen LogP contribution in [0.25, 0.3) is 0 Å². The van der Waals surface area contributed by atoms with E-state index in [0.717, 1.165) is 4.47 Å². The van der Waals surface area contributed by atoms with Crippen LogP contribution >= 0.6 is 15.9 Å². The molecule has 1 N–H and O–H groups in total. The normalized spacial score (nSPS) is 23.1.